The smallest absolute Gasteiger partial charge is 0.138 e. The van der Waals surface area contributed by atoms with Gasteiger partial charge in [-0.3, -0.25) is 4.79 Å². The molecule has 0 bridgehead atoms. The van der Waals surface area contributed by atoms with Gasteiger partial charge in [-0.1, -0.05) is 37.1 Å². The Kier molecular flexibility index (Phi) is 7.57. The van der Waals surface area contributed by atoms with E-state index in [1.807, 2.05) is 32.0 Å². The van der Waals surface area contributed by atoms with Crippen molar-refractivity contribution in [1.82, 2.24) is 0 Å². The second-order valence-electron chi connectivity index (χ2n) is 4.62. The number of halogens is 1. The van der Waals surface area contributed by atoms with Gasteiger partial charge in [0, 0.05) is 12.8 Å². The molecule has 19 heavy (non-hydrogen) atoms. The van der Waals surface area contributed by atoms with Crippen LogP contribution in [0.1, 0.15) is 51.5 Å². The second-order valence-corrected chi connectivity index (χ2v) is 4.99. The Morgan fingerprint density at radius 3 is 2.68 bits per heavy atom. The van der Waals surface area contributed by atoms with Gasteiger partial charge in [-0.05, 0) is 37.8 Å². The maximum atomic E-state index is 11.2. The van der Waals surface area contributed by atoms with Gasteiger partial charge < -0.3 is 4.74 Å². The van der Waals surface area contributed by atoms with Crippen molar-refractivity contribution in [1.29, 1.82) is 0 Å². The number of hydrogen-bond donors (Lipinski definition) is 0. The predicted molar refractivity (Wildman–Crippen MR) is 80.1 cm³/mol. The van der Waals surface area contributed by atoms with Crippen LogP contribution in [-0.4, -0.2) is 12.4 Å². The fraction of sp³-hybridized carbons (Fsp3) is 0.562. The third-order valence-electron chi connectivity index (χ3n) is 3.14. The van der Waals surface area contributed by atoms with E-state index in [2.05, 4.69) is 0 Å². The van der Waals surface area contributed by atoms with Gasteiger partial charge in [-0.25, -0.2) is 0 Å². The number of Topliss-reactive ketones (excluding diaryl/α,β-unsaturated/α-hetero) is 1. The van der Waals surface area contributed by atoms with Crippen molar-refractivity contribution >= 4 is 17.4 Å². The van der Waals surface area contributed by atoms with E-state index in [0.717, 1.165) is 42.0 Å². The van der Waals surface area contributed by atoms with E-state index in [0.29, 0.717) is 25.2 Å². The molecule has 0 unspecified atom stereocenters. The summed E-state index contributed by atoms with van der Waals surface area (Å²) in [5, 5.41) is 0.731. The molecule has 1 rings (SSSR count). The van der Waals surface area contributed by atoms with E-state index in [4.69, 9.17) is 16.3 Å². The van der Waals surface area contributed by atoms with Crippen molar-refractivity contribution in [2.75, 3.05) is 6.61 Å². The quantitative estimate of drug-likeness (QED) is 0.607. The summed E-state index contributed by atoms with van der Waals surface area (Å²) in [6.45, 7) is 4.50. The molecule has 0 aliphatic carbocycles. The largest absolute Gasteiger partial charge is 0.492 e. The van der Waals surface area contributed by atoms with E-state index in [-0.39, 0.29) is 0 Å². The topological polar surface area (TPSA) is 26.3 Å². The zero-order chi connectivity index (χ0) is 14.1. The Bertz CT molecular complexity index is 402. The molecular formula is C16H23ClO2. The van der Waals surface area contributed by atoms with Gasteiger partial charge in [0.2, 0.25) is 0 Å². The van der Waals surface area contributed by atoms with Gasteiger partial charge in [0.25, 0.3) is 0 Å². The molecule has 1 aromatic rings. The predicted octanol–water partition coefficient (Wildman–Crippen LogP) is 4.82. The number of hydrogen-bond acceptors (Lipinski definition) is 2. The molecule has 0 N–H and O–H groups in total. The minimum Gasteiger partial charge on any atom is -0.492 e. The second kappa shape index (κ2) is 8.98. The van der Waals surface area contributed by atoms with Crippen LogP contribution in [0.2, 0.25) is 5.02 Å². The highest BCUT2D eigenvalue weighted by Gasteiger charge is 2.06. The monoisotopic (exact) mass is 282 g/mol. The number of carbonyl (C=O) groups excluding carboxylic acids is 1. The first-order valence-corrected chi connectivity index (χ1v) is 7.48. The molecule has 0 aliphatic heterocycles. The summed E-state index contributed by atoms with van der Waals surface area (Å²) in [6.07, 6.45) is 5.42. The van der Waals surface area contributed by atoms with Crippen LogP contribution in [0.4, 0.5) is 0 Å². The van der Waals surface area contributed by atoms with Crippen molar-refractivity contribution in [2.24, 2.45) is 0 Å². The summed E-state index contributed by atoms with van der Waals surface area (Å²) >= 11 is 6.29. The van der Waals surface area contributed by atoms with Crippen LogP contribution < -0.4 is 4.74 Å². The number of benzene rings is 1. The maximum Gasteiger partial charge on any atom is 0.138 e. The molecule has 2 nitrogen and oxygen atoms in total. The summed E-state index contributed by atoms with van der Waals surface area (Å²) < 4.78 is 5.47. The number of unbranched alkanes of at least 4 members (excludes halogenated alkanes) is 2. The zero-order valence-electron chi connectivity index (χ0n) is 11.9. The Labute approximate surface area is 121 Å². The molecule has 0 aliphatic rings. The van der Waals surface area contributed by atoms with Crippen LogP contribution in [-0.2, 0) is 11.2 Å². The highest BCUT2D eigenvalue weighted by molar-refractivity contribution is 6.32. The van der Waals surface area contributed by atoms with Gasteiger partial charge in [0.05, 0.1) is 11.6 Å². The summed E-state index contributed by atoms with van der Waals surface area (Å²) in [4.78, 5) is 11.2. The molecule has 0 saturated heterocycles. The van der Waals surface area contributed by atoms with Crippen LogP contribution in [0, 0.1) is 0 Å². The SMILES string of the molecule is CCOc1cccc(CCCCCC(=O)CC)c1Cl. The lowest BCUT2D eigenvalue weighted by atomic mass is 10.0. The minimum absolute atomic E-state index is 0.358. The lowest BCUT2D eigenvalue weighted by Gasteiger charge is -2.09. The number of ether oxygens (including phenoxy) is 1. The Morgan fingerprint density at radius 2 is 2.00 bits per heavy atom. The summed E-state index contributed by atoms with van der Waals surface area (Å²) in [6, 6.07) is 5.92. The van der Waals surface area contributed by atoms with E-state index >= 15 is 0 Å². The molecule has 106 valence electrons. The first kappa shape index (κ1) is 16.0. The molecule has 1 aromatic carbocycles. The van der Waals surface area contributed by atoms with E-state index in [9.17, 15) is 4.79 Å². The van der Waals surface area contributed by atoms with Crippen molar-refractivity contribution in [2.45, 2.75) is 52.4 Å². The molecule has 0 saturated carbocycles. The molecule has 0 radical (unpaired) electrons. The number of carbonyl (C=O) groups is 1. The van der Waals surface area contributed by atoms with Gasteiger partial charge in [-0.15, -0.1) is 0 Å². The maximum absolute atomic E-state index is 11.2. The van der Waals surface area contributed by atoms with Crippen LogP contribution in [0.5, 0.6) is 5.75 Å². The normalized spacial score (nSPS) is 10.5. The summed E-state index contributed by atoms with van der Waals surface area (Å²) in [5.41, 5.74) is 1.13. The molecule has 0 amide bonds. The van der Waals surface area contributed by atoms with Crippen LogP contribution >= 0.6 is 11.6 Å². The molecule has 3 heteroatoms. The average Bonchev–Trinajstić information content (AvgIpc) is 2.42. The van der Waals surface area contributed by atoms with Crippen LogP contribution in [0.25, 0.3) is 0 Å². The minimum atomic E-state index is 0.358. The van der Waals surface area contributed by atoms with Crippen LogP contribution in [0.3, 0.4) is 0 Å². The van der Waals surface area contributed by atoms with Gasteiger partial charge >= 0.3 is 0 Å². The highest BCUT2D eigenvalue weighted by atomic mass is 35.5. The average molecular weight is 283 g/mol. The van der Waals surface area contributed by atoms with Crippen molar-refractivity contribution < 1.29 is 9.53 Å². The third kappa shape index (κ3) is 5.65. The molecule has 0 spiro atoms. The van der Waals surface area contributed by atoms with E-state index in [1.165, 1.54) is 0 Å². The van der Waals surface area contributed by atoms with Gasteiger partial charge in [-0.2, -0.15) is 0 Å². The van der Waals surface area contributed by atoms with E-state index in [1.54, 1.807) is 0 Å². The van der Waals surface area contributed by atoms with Gasteiger partial charge in [0.15, 0.2) is 0 Å². The number of aryl methyl sites for hydroxylation is 1. The molecule has 0 aromatic heterocycles. The fourth-order valence-electron chi connectivity index (χ4n) is 2.01. The van der Waals surface area contributed by atoms with Crippen molar-refractivity contribution in [3.05, 3.63) is 28.8 Å². The highest BCUT2D eigenvalue weighted by Crippen LogP contribution is 2.29. The standard InChI is InChI=1S/C16H23ClO2/c1-3-14(18)11-7-5-6-9-13-10-8-12-15(16(13)17)19-4-2/h8,10,12H,3-7,9,11H2,1-2H3. The third-order valence-corrected chi connectivity index (χ3v) is 3.57. The van der Waals surface area contributed by atoms with E-state index < -0.39 is 0 Å². The summed E-state index contributed by atoms with van der Waals surface area (Å²) in [5.74, 6) is 1.12. The zero-order valence-corrected chi connectivity index (χ0v) is 12.6. The molecule has 0 atom stereocenters. The Hall–Kier alpha value is -1.02. The van der Waals surface area contributed by atoms with Crippen molar-refractivity contribution in [3.8, 4) is 5.75 Å². The number of rotatable bonds is 9. The fourth-order valence-corrected chi connectivity index (χ4v) is 2.28. The summed E-state index contributed by atoms with van der Waals surface area (Å²) in [7, 11) is 0. The Balaban J connectivity index is 2.37. The van der Waals surface area contributed by atoms with Gasteiger partial charge in [0.1, 0.15) is 11.5 Å². The lowest BCUT2D eigenvalue weighted by Crippen LogP contribution is -1.96. The Morgan fingerprint density at radius 1 is 1.21 bits per heavy atom. The number of ketones is 1. The first-order valence-electron chi connectivity index (χ1n) is 7.10. The molecule has 0 fully saturated rings. The molecular weight excluding hydrogens is 260 g/mol. The van der Waals surface area contributed by atoms with Crippen molar-refractivity contribution in [3.63, 3.8) is 0 Å². The first-order chi connectivity index (χ1) is 9.19. The van der Waals surface area contributed by atoms with Crippen LogP contribution in [0.15, 0.2) is 18.2 Å². The molecule has 0 heterocycles. The lowest BCUT2D eigenvalue weighted by molar-refractivity contribution is -0.118.